The molecular formula is C16H19F3O5. The van der Waals surface area contributed by atoms with E-state index in [1.165, 1.54) is 25.1 Å². The quantitative estimate of drug-likeness (QED) is 0.709. The minimum atomic E-state index is -5.05. The van der Waals surface area contributed by atoms with Crippen molar-refractivity contribution < 1.29 is 37.0 Å². The van der Waals surface area contributed by atoms with Gasteiger partial charge in [-0.1, -0.05) is 30.3 Å². The average Bonchev–Trinajstić information content (AvgIpc) is 2.48. The fourth-order valence-corrected chi connectivity index (χ4v) is 2.15. The molecule has 0 saturated heterocycles. The molecule has 1 rings (SSSR count). The van der Waals surface area contributed by atoms with Crippen molar-refractivity contribution in [2.24, 2.45) is 0 Å². The monoisotopic (exact) mass is 348 g/mol. The fourth-order valence-electron chi connectivity index (χ4n) is 2.15. The summed E-state index contributed by atoms with van der Waals surface area (Å²) in [6, 6.07) is 6.45. The molecule has 134 valence electrons. The highest BCUT2D eigenvalue weighted by molar-refractivity contribution is 5.83. The molecule has 8 heteroatoms. The van der Waals surface area contributed by atoms with Gasteiger partial charge in [0.05, 0.1) is 13.0 Å². The molecule has 24 heavy (non-hydrogen) atoms. The molecule has 0 N–H and O–H groups in total. The molecule has 0 spiro atoms. The normalized spacial score (nSPS) is 15.2. The van der Waals surface area contributed by atoms with Gasteiger partial charge in [0.15, 0.2) is 0 Å². The number of ether oxygens (including phenoxy) is 3. The Hall–Kier alpha value is -2.09. The highest BCUT2D eigenvalue weighted by Crippen LogP contribution is 2.43. The number of carbonyl (C=O) groups is 2. The summed E-state index contributed by atoms with van der Waals surface area (Å²) in [7, 11) is 0.776. The molecular weight excluding hydrogens is 329 g/mol. The molecule has 0 fully saturated rings. The number of benzene rings is 1. The van der Waals surface area contributed by atoms with Crippen LogP contribution in [0.2, 0.25) is 0 Å². The van der Waals surface area contributed by atoms with E-state index in [2.05, 4.69) is 9.47 Å². The summed E-state index contributed by atoms with van der Waals surface area (Å²) >= 11 is 0. The highest BCUT2D eigenvalue weighted by Gasteiger charge is 2.64. The first-order valence-corrected chi connectivity index (χ1v) is 7.23. The number of hydrogen-bond acceptors (Lipinski definition) is 5. The van der Waals surface area contributed by atoms with Crippen molar-refractivity contribution in [3.63, 3.8) is 0 Å². The van der Waals surface area contributed by atoms with E-state index in [0.29, 0.717) is 0 Å². The number of esters is 2. The smallest absolute Gasteiger partial charge is 0.432 e. The SMILES string of the molecule is CCOC(=O)CC(C)OC(=O)C(OC)(c1ccccc1)C(F)(F)F. The summed E-state index contributed by atoms with van der Waals surface area (Å²) in [4.78, 5) is 23.6. The minimum Gasteiger partial charge on any atom is -0.466 e. The maximum absolute atomic E-state index is 13.6. The van der Waals surface area contributed by atoms with Crippen LogP contribution in [-0.2, 0) is 29.4 Å². The van der Waals surface area contributed by atoms with Crippen LogP contribution in [0.3, 0.4) is 0 Å². The lowest BCUT2D eigenvalue weighted by Crippen LogP contribution is -2.52. The van der Waals surface area contributed by atoms with Crippen molar-refractivity contribution in [3.05, 3.63) is 35.9 Å². The maximum atomic E-state index is 13.6. The fraction of sp³-hybridized carbons (Fsp3) is 0.500. The van der Waals surface area contributed by atoms with E-state index in [1.807, 2.05) is 0 Å². The lowest BCUT2D eigenvalue weighted by Gasteiger charge is -2.33. The lowest BCUT2D eigenvalue weighted by molar-refractivity contribution is -0.278. The van der Waals surface area contributed by atoms with Gasteiger partial charge < -0.3 is 14.2 Å². The van der Waals surface area contributed by atoms with Crippen LogP contribution in [0.5, 0.6) is 0 Å². The Balaban J connectivity index is 3.08. The van der Waals surface area contributed by atoms with Gasteiger partial charge in [-0.05, 0) is 13.8 Å². The zero-order chi connectivity index (χ0) is 18.4. The van der Waals surface area contributed by atoms with Gasteiger partial charge in [0, 0.05) is 12.7 Å². The molecule has 0 aliphatic heterocycles. The van der Waals surface area contributed by atoms with Crippen molar-refractivity contribution in [1.29, 1.82) is 0 Å². The Morgan fingerprint density at radius 2 is 1.75 bits per heavy atom. The Bertz CT molecular complexity index is 559. The van der Waals surface area contributed by atoms with Crippen molar-refractivity contribution in [2.75, 3.05) is 13.7 Å². The minimum absolute atomic E-state index is 0.119. The van der Waals surface area contributed by atoms with Gasteiger partial charge in [-0.15, -0.1) is 0 Å². The summed E-state index contributed by atoms with van der Waals surface area (Å²) < 4.78 is 55.0. The Morgan fingerprint density at radius 3 is 2.21 bits per heavy atom. The number of alkyl halides is 3. The van der Waals surface area contributed by atoms with Gasteiger partial charge in [0.1, 0.15) is 6.10 Å². The molecule has 0 saturated carbocycles. The Labute approximate surface area is 137 Å². The third kappa shape index (κ3) is 4.25. The summed E-state index contributed by atoms with van der Waals surface area (Å²) in [6.07, 6.45) is -6.51. The second-order valence-corrected chi connectivity index (χ2v) is 4.97. The molecule has 0 aromatic heterocycles. The topological polar surface area (TPSA) is 61.8 Å². The summed E-state index contributed by atoms with van der Waals surface area (Å²) in [6.45, 7) is 3.01. The summed E-state index contributed by atoms with van der Waals surface area (Å²) in [5.41, 5.74) is -3.68. The second kappa shape index (κ2) is 8.14. The molecule has 2 unspecified atom stereocenters. The third-order valence-corrected chi connectivity index (χ3v) is 3.24. The molecule has 1 aromatic carbocycles. The van der Waals surface area contributed by atoms with Crippen LogP contribution in [0.25, 0.3) is 0 Å². The van der Waals surface area contributed by atoms with Gasteiger partial charge in [0.25, 0.3) is 5.60 Å². The van der Waals surface area contributed by atoms with Crippen molar-refractivity contribution in [2.45, 2.75) is 38.1 Å². The van der Waals surface area contributed by atoms with Crippen LogP contribution >= 0.6 is 0 Å². The molecule has 0 heterocycles. The number of hydrogen-bond donors (Lipinski definition) is 0. The Morgan fingerprint density at radius 1 is 1.17 bits per heavy atom. The van der Waals surface area contributed by atoms with E-state index < -0.39 is 35.4 Å². The van der Waals surface area contributed by atoms with Crippen LogP contribution < -0.4 is 0 Å². The van der Waals surface area contributed by atoms with E-state index in [-0.39, 0.29) is 13.0 Å². The van der Waals surface area contributed by atoms with E-state index in [0.717, 1.165) is 19.2 Å². The van der Waals surface area contributed by atoms with E-state index in [9.17, 15) is 22.8 Å². The zero-order valence-corrected chi connectivity index (χ0v) is 13.6. The van der Waals surface area contributed by atoms with E-state index in [1.54, 1.807) is 6.92 Å². The van der Waals surface area contributed by atoms with Gasteiger partial charge in [-0.3, -0.25) is 4.79 Å². The molecule has 0 radical (unpaired) electrons. The van der Waals surface area contributed by atoms with Crippen LogP contribution in [-0.4, -0.2) is 37.9 Å². The maximum Gasteiger partial charge on any atom is 0.432 e. The van der Waals surface area contributed by atoms with Gasteiger partial charge >= 0.3 is 18.1 Å². The van der Waals surface area contributed by atoms with Crippen molar-refractivity contribution >= 4 is 11.9 Å². The highest BCUT2D eigenvalue weighted by atomic mass is 19.4. The zero-order valence-electron chi connectivity index (χ0n) is 13.6. The third-order valence-electron chi connectivity index (χ3n) is 3.24. The number of methoxy groups -OCH3 is 1. The van der Waals surface area contributed by atoms with Crippen LogP contribution in [0.4, 0.5) is 13.2 Å². The lowest BCUT2D eigenvalue weighted by atomic mass is 9.92. The van der Waals surface area contributed by atoms with Crippen LogP contribution in [0.15, 0.2) is 30.3 Å². The average molecular weight is 348 g/mol. The molecule has 0 bridgehead atoms. The molecule has 0 amide bonds. The number of halogens is 3. The standard InChI is InChI=1S/C16H19F3O5/c1-4-23-13(20)10-11(2)24-14(21)15(22-3,16(17,18)19)12-8-6-5-7-9-12/h5-9,11H,4,10H2,1-3H3. The van der Waals surface area contributed by atoms with Crippen LogP contribution in [0.1, 0.15) is 25.8 Å². The molecule has 0 aliphatic carbocycles. The van der Waals surface area contributed by atoms with Crippen molar-refractivity contribution in [1.82, 2.24) is 0 Å². The number of carbonyl (C=O) groups excluding carboxylic acids is 2. The molecule has 1 aromatic rings. The molecule has 5 nitrogen and oxygen atoms in total. The van der Waals surface area contributed by atoms with Crippen LogP contribution in [0, 0.1) is 0 Å². The van der Waals surface area contributed by atoms with Gasteiger partial charge in [-0.25, -0.2) is 4.79 Å². The molecule has 2 atom stereocenters. The number of rotatable bonds is 7. The largest absolute Gasteiger partial charge is 0.466 e. The summed E-state index contributed by atoms with van der Waals surface area (Å²) in [5.74, 6) is -2.31. The van der Waals surface area contributed by atoms with E-state index >= 15 is 0 Å². The predicted molar refractivity (Wildman–Crippen MR) is 78.0 cm³/mol. The van der Waals surface area contributed by atoms with E-state index in [4.69, 9.17) is 4.74 Å². The van der Waals surface area contributed by atoms with Crippen molar-refractivity contribution in [3.8, 4) is 0 Å². The van der Waals surface area contributed by atoms with Gasteiger partial charge in [0.2, 0.25) is 0 Å². The first-order valence-electron chi connectivity index (χ1n) is 7.23. The Kier molecular flexibility index (Phi) is 6.77. The predicted octanol–water partition coefficient (Wildman–Crippen LogP) is 2.98. The first kappa shape index (κ1) is 20.0. The second-order valence-electron chi connectivity index (χ2n) is 4.97. The molecule has 0 aliphatic rings. The first-order chi connectivity index (χ1) is 11.2. The summed E-state index contributed by atoms with van der Waals surface area (Å²) in [5, 5.41) is 0. The van der Waals surface area contributed by atoms with Gasteiger partial charge in [-0.2, -0.15) is 13.2 Å².